The number of nitro benzene ring substituents is 1. The standard InChI is InChI=1S/C16H19N3O3S/c1-2-7-18(13-5-6-17-10-13)16(20)15-9-11-8-12(19(21)22)3-4-14(11)23-15/h3-4,8-9,13,17H,2,5-7,10H2,1H3. The molecule has 1 aromatic heterocycles. The zero-order valence-corrected chi connectivity index (χ0v) is 13.8. The lowest BCUT2D eigenvalue weighted by molar-refractivity contribution is -0.384. The summed E-state index contributed by atoms with van der Waals surface area (Å²) in [6, 6.07) is 6.75. The van der Waals surface area contributed by atoms with E-state index in [1.54, 1.807) is 12.1 Å². The van der Waals surface area contributed by atoms with Gasteiger partial charge in [0.2, 0.25) is 0 Å². The van der Waals surface area contributed by atoms with E-state index in [0.717, 1.165) is 42.6 Å². The minimum absolute atomic E-state index is 0.0319. The molecule has 0 saturated carbocycles. The first-order valence-electron chi connectivity index (χ1n) is 7.80. The van der Waals surface area contributed by atoms with Gasteiger partial charge in [-0.2, -0.15) is 0 Å². The first kappa shape index (κ1) is 15.9. The van der Waals surface area contributed by atoms with Gasteiger partial charge in [-0.15, -0.1) is 11.3 Å². The van der Waals surface area contributed by atoms with Crippen LogP contribution in [-0.2, 0) is 0 Å². The Hall–Kier alpha value is -1.99. The molecule has 0 aliphatic carbocycles. The second kappa shape index (κ2) is 6.64. The van der Waals surface area contributed by atoms with E-state index in [2.05, 4.69) is 12.2 Å². The van der Waals surface area contributed by atoms with Crippen molar-refractivity contribution in [3.05, 3.63) is 39.3 Å². The minimum Gasteiger partial charge on any atom is -0.334 e. The molecule has 1 atom stereocenters. The van der Waals surface area contributed by atoms with Crippen LogP contribution in [0.2, 0.25) is 0 Å². The van der Waals surface area contributed by atoms with E-state index in [1.807, 2.05) is 4.90 Å². The Balaban J connectivity index is 1.90. The number of nitrogens with one attached hydrogen (secondary N) is 1. The van der Waals surface area contributed by atoms with Crippen molar-refractivity contribution in [2.24, 2.45) is 0 Å². The molecule has 3 rings (SSSR count). The van der Waals surface area contributed by atoms with Gasteiger partial charge < -0.3 is 10.2 Å². The van der Waals surface area contributed by atoms with Crippen LogP contribution in [0.25, 0.3) is 10.1 Å². The van der Waals surface area contributed by atoms with E-state index < -0.39 is 4.92 Å². The quantitative estimate of drug-likeness (QED) is 0.674. The average molecular weight is 333 g/mol. The van der Waals surface area contributed by atoms with Crippen LogP contribution < -0.4 is 5.32 Å². The first-order chi connectivity index (χ1) is 11.1. The number of non-ortho nitro benzene ring substituents is 1. The van der Waals surface area contributed by atoms with Crippen molar-refractivity contribution in [3.63, 3.8) is 0 Å². The fraction of sp³-hybridized carbons (Fsp3) is 0.438. The summed E-state index contributed by atoms with van der Waals surface area (Å²) in [7, 11) is 0. The first-order valence-corrected chi connectivity index (χ1v) is 8.61. The van der Waals surface area contributed by atoms with E-state index in [0.29, 0.717) is 4.88 Å². The van der Waals surface area contributed by atoms with E-state index in [4.69, 9.17) is 0 Å². The summed E-state index contributed by atoms with van der Waals surface area (Å²) in [4.78, 5) is 26.0. The van der Waals surface area contributed by atoms with Crippen molar-refractivity contribution in [3.8, 4) is 0 Å². The number of carbonyl (C=O) groups excluding carboxylic acids is 1. The number of nitro groups is 1. The lowest BCUT2D eigenvalue weighted by Crippen LogP contribution is -2.41. The monoisotopic (exact) mass is 333 g/mol. The number of benzene rings is 1. The van der Waals surface area contributed by atoms with Crippen LogP contribution in [0.15, 0.2) is 24.3 Å². The number of thiophene rings is 1. The van der Waals surface area contributed by atoms with Crippen LogP contribution >= 0.6 is 11.3 Å². The van der Waals surface area contributed by atoms with Crippen molar-refractivity contribution in [2.45, 2.75) is 25.8 Å². The van der Waals surface area contributed by atoms with Gasteiger partial charge in [0.1, 0.15) is 0 Å². The third kappa shape index (κ3) is 3.20. The van der Waals surface area contributed by atoms with Crippen LogP contribution in [0.5, 0.6) is 0 Å². The van der Waals surface area contributed by atoms with Gasteiger partial charge in [-0.1, -0.05) is 6.92 Å². The molecule has 7 heteroatoms. The van der Waals surface area contributed by atoms with Gasteiger partial charge in [0, 0.05) is 41.4 Å². The highest BCUT2D eigenvalue weighted by Crippen LogP contribution is 2.30. The zero-order valence-electron chi connectivity index (χ0n) is 12.9. The maximum absolute atomic E-state index is 12.9. The Morgan fingerprint density at radius 2 is 2.30 bits per heavy atom. The summed E-state index contributed by atoms with van der Waals surface area (Å²) in [6.45, 7) is 4.58. The molecule has 1 aliphatic rings. The van der Waals surface area contributed by atoms with Gasteiger partial charge in [-0.3, -0.25) is 14.9 Å². The van der Waals surface area contributed by atoms with Crippen molar-refractivity contribution >= 4 is 33.0 Å². The van der Waals surface area contributed by atoms with E-state index in [1.165, 1.54) is 23.5 Å². The van der Waals surface area contributed by atoms with Gasteiger partial charge in [0.15, 0.2) is 0 Å². The number of nitrogens with zero attached hydrogens (tertiary/aromatic N) is 2. The van der Waals surface area contributed by atoms with E-state index in [-0.39, 0.29) is 17.6 Å². The second-order valence-corrected chi connectivity index (χ2v) is 6.82. The van der Waals surface area contributed by atoms with Gasteiger partial charge in [-0.25, -0.2) is 0 Å². The lowest BCUT2D eigenvalue weighted by Gasteiger charge is -2.27. The molecule has 1 saturated heterocycles. The van der Waals surface area contributed by atoms with Crippen molar-refractivity contribution in [1.29, 1.82) is 0 Å². The Labute approximate surface area is 138 Å². The third-order valence-corrected chi connectivity index (χ3v) is 5.23. The van der Waals surface area contributed by atoms with Crippen LogP contribution in [-0.4, -0.2) is 41.4 Å². The van der Waals surface area contributed by atoms with Gasteiger partial charge in [0.05, 0.1) is 9.80 Å². The van der Waals surface area contributed by atoms with Gasteiger partial charge in [0.25, 0.3) is 11.6 Å². The fourth-order valence-corrected chi connectivity index (χ4v) is 3.99. The molecule has 0 bridgehead atoms. The Morgan fingerprint density at radius 3 is 2.96 bits per heavy atom. The van der Waals surface area contributed by atoms with Crippen LogP contribution in [0.3, 0.4) is 0 Å². The molecule has 0 spiro atoms. The summed E-state index contributed by atoms with van der Waals surface area (Å²) in [5.74, 6) is 0.0319. The molecule has 2 heterocycles. The number of hydrogen-bond acceptors (Lipinski definition) is 5. The van der Waals surface area contributed by atoms with Crippen molar-refractivity contribution < 1.29 is 9.72 Å². The highest BCUT2D eigenvalue weighted by Gasteiger charge is 2.27. The number of rotatable bonds is 5. The highest BCUT2D eigenvalue weighted by molar-refractivity contribution is 7.20. The SMILES string of the molecule is CCCN(C(=O)c1cc2cc([N+](=O)[O-])ccc2s1)C1CCNC1. The summed E-state index contributed by atoms with van der Waals surface area (Å²) < 4.78 is 0.903. The summed E-state index contributed by atoms with van der Waals surface area (Å²) in [5, 5.41) is 14.9. The topological polar surface area (TPSA) is 75.5 Å². The van der Waals surface area contributed by atoms with E-state index >= 15 is 0 Å². The fourth-order valence-electron chi connectivity index (χ4n) is 2.99. The minimum atomic E-state index is -0.411. The Morgan fingerprint density at radius 1 is 1.48 bits per heavy atom. The predicted molar refractivity (Wildman–Crippen MR) is 91.1 cm³/mol. The summed E-state index contributed by atoms with van der Waals surface area (Å²) in [5.41, 5.74) is 0.0553. The van der Waals surface area contributed by atoms with Crippen molar-refractivity contribution in [2.75, 3.05) is 19.6 Å². The summed E-state index contributed by atoms with van der Waals surface area (Å²) in [6.07, 6.45) is 1.89. The smallest absolute Gasteiger partial charge is 0.270 e. The molecule has 1 fully saturated rings. The maximum atomic E-state index is 12.9. The van der Waals surface area contributed by atoms with Gasteiger partial charge >= 0.3 is 0 Å². The zero-order chi connectivity index (χ0) is 16.4. The van der Waals surface area contributed by atoms with E-state index in [9.17, 15) is 14.9 Å². The molecule has 1 aliphatic heterocycles. The average Bonchev–Trinajstić information content (AvgIpc) is 3.20. The largest absolute Gasteiger partial charge is 0.334 e. The van der Waals surface area contributed by atoms with Crippen LogP contribution in [0.4, 0.5) is 5.69 Å². The Kier molecular flexibility index (Phi) is 4.58. The van der Waals surface area contributed by atoms with Crippen LogP contribution in [0.1, 0.15) is 29.4 Å². The molecule has 1 unspecified atom stereocenters. The molecule has 1 amide bonds. The number of fused-ring (bicyclic) bond motifs is 1. The molecule has 0 radical (unpaired) electrons. The molecule has 122 valence electrons. The molecule has 23 heavy (non-hydrogen) atoms. The number of hydrogen-bond donors (Lipinski definition) is 1. The third-order valence-electron chi connectivity index (χ3n) is 4.12. The maximum Gasteiger partial charge on any atom is 0.270 e. The second-order valence-electron chi connectivity index (χ2n) is 5.74. The Bertz CT molecular complexity index is 737. The lowest BCUT2D eigenvalue weighted by atomic mass is 10.2. The predicted octanol–water partition coefficient (Wildman–Crippen LogP) is 3.02. The number of carbonyl (C=O) groups is 1. The van der Waals surface area contributed by atoms with Crippen molar-refractivity contribution in [1.82, 2.24) is 10.2 Å². The molecule has 6 nitrogen and oxygen atoms in total. The summed E-state index contributed by atoms with van der Waals surface area (Å²) >= 11 is 1.40. The number of amides is 1. The molecule has 1 aromatic carbocycles. The van der Waals surface area contributed by atoms with Gasteiger partial charge in [-0.05, 0) is 31.5 Å². The van der Waals surface area contributed by atoms with Crippen LogP contribution in [0, 0.1) is 10.1 Å². The molecular weight excluding hydrogens is 314 g/mol. The highest BCUT2D eigenvalue weighted by atomic mass is 32.1. The normalized spacial score (nSPS) is 17.5. The molecule has 1 N–H and O–H groups in total. The molecular formula is C16H19N3O3S. The molecule has 2 aromatic rings.